The quantitative estimate of drug-likeness (QED) is 0.806. The van der Waals surface area contributed by atoms with Crippen molar-refractivity contribution < 1.29 is 0 Å². The zero-order valence-electron chi connectivity index (χ0n) is 7.48. The van der Waals surface area contributed by atoms with Crippen LogP contribution >= 0.6 is 27.5 Å². The normalized spacial score (nSPS) is 9.93. The van der Waals surface area contributed by atoms with E-state index in [0.717, 1.165) is 5.69 Å². The van der Waals surface area contributed by atoms with Crippen LogP contribution in [0.25, 0.3) is 5.69 Å². The Bertz CT molecular complexity index is 542. The van der Waals surface area contributed by atoms with Crippen LogP contribution in [0, 0.1) is 11.3 Å². The molecule has 0 fully saturated rings. The van der Waals surface area contributed by atoms with E-state index in [0.29, 0.717) is 15.2 Å². The van der Waals surface area contributed by atoms with Gasteiger partial charge in [0.2, 0.25) is 0 Å². The molecule has 0 amide bonds. The predicted octanol–water partition coefficient (Wildman–Crippen LogP) is 3.16. The summed E-state index contributed by atoms with van der Waals surface area (Å²) in [5.74, 6) is 0. The lowest BCUT2D eigenvalue weighted by Crippen LogP contribution is -1.95. The lowest BCUT2D eigenvalue weighted by Gasteiger charge is -2.02. The van der Waals surface area contributed by atoms with Gasteiger partial charge in [-0.2, -0.15) is 10.4 Å². The van der Waals surface area contributed by atoms with Crippen LogP contribution in [-0.4, -0.2) is 9.78 Å². The molecule has 1 aromatic carbocycles. The fourth-order valence-corrected chi connectivity index (χ4v) is 1.77. The molecule has 0 aliphatic carbocycles. The summed E-state index contributed by atoms with van der Waals surface area (Å²) in [6, 6.07) is 9.30. The lowest BCUT2D eigenvalue weighted by atomic mass is 10.3. The molecule has 0 atom stereocenters. The summed E-state index contributed by atoms with van der Waals surface area (Å²) in [5, 5.41) is 13.4. The molecule has 2 rings (SSSR count). The second-order valence-corrected chi connectivity index (χ2v) is 4.09. The zero-order valence-corrected chi connectivity index (χ0v) is 9.83. The van der Waals surface area contributed by atoms with E-state index in [4.69, 9.17) is 16.9 Å². The second kappa shape index (κ2) is 4.05. The Hall–Kier alpha value is -1.31. The van der Waals surface area contributed by atoms with Crippen LogP contribution in [-0.2, 0) is 0 Å². The highest BCUT2D eigenvalue weighted by atomic mass is 79.9. The predicted molar refractivity (Wildman–Crippen MR) is 61.0 cm³/mol. The largest absolute Gasteiger partial charge is 0.237 e. The molecule has 1 aromatic heterocycles. The SMILES string of the molecule is N#Cc1nn(-c2ccccc2Cl)cc1Br. The van der Waals surface area contributed by atoms with Gasteiger partial charge in [-0.3, -0.25) is 0 Å². The first kappa shape index (κ1) is 10.2. The second-order valence-electron chi connectivity index (χ2n) is 2.83. The van der Waals surface area contributed by atoms with E-state index in [9.17, 15) is 0 Å². The first-order valence-electron chi connectivity index (χ1n) is 4.12. The van der Waals surface area contributed by atoms with Gasteiger partial charge >= 0.3 is 0 Å². The maximum atomic E-state index is 8.76. The lowest BCUT2D eigenvalue weighted by molar-refractivity contribution is 0.873. The number of nitrogens with zero attached hydrogens (tertiary/aromatic N) is 3. The van der Waals surface area contributed by atoms with Crippen molar-refractivity contribution in [2.45, 2.75) is 0 Å². The van der Waals surface area contributed by atoms with Crippen LogP contribution in [0.2, 0.25) is 5.02 Å². The summed E-state index contributed by atoms with van der Waals surface area (Å²) >= 11 is 9.25. The number of hydrogen-bond acceptors (Lipinski definition) is 2. The minimum Gasteiger partial charge on any atom is -0.237 e. The monoisotopic (exact) mass is 281 g/mol. The number of hydrogen-bond donors (Lipinski definition) is 0. The van der Waals surface area contributed by atoms with Gasteiger partial charge in [-0.15, -0.1) is 0 Å². The summed E-state index contributed by atoms with van der Waals surface area (Å²) in [4.78, 5) is 0. The summed E-state index contributed by atoms with van der Waals surface area (Å²) in [6.07, 6.45) is 1.71. The van der Waals surface area contributed by atoms with Crippen LogP contribution in [0.5, 0.6) is 0 Å². The number of benzene rings is 1. The standard InChI is InChI=1S/C10H5BrClN3/c11-7-6-15(14-9(7)5-13)10-4-2-1-3-8(10)12/h1-4,6H. The van der Waals surface area contributed by atoms with Gasteiger partial charge in [-0.25, -0.2) is 4.68 Å². The smallest absolute Gasteiger partial charge is 0.177 e. The molecule has 3 nitrogen and oxygen atoms in total. The van der Waals surface area contributed by atoms with Crippen molar-refractivity contribution in [3.63, 3.8) is 0 Å². The fourth-order valence-electron chi connectivity index (χ4n) is 1.19. The van der Waals surface area contributed by atoms with Gasteiger partial charge in [-0.1, -0.05) is 23.7 Å². The van der Waals surface area contributed by atoms with E-state index in [-0.39, 0.29) is 0 Å². The van der Waals surface area contributed by atoms with E-state index < -0.39 is 0 Å². The third kappa shape index (κ3) is 1.89. The summed E-state index contributed by atoms with van der Waals surface area (Å²) in [5.41, 5.74) is 1.09. The Morgan fingerprint density at radius 2 is 2.13 bits per heavy atom. The topological polar surface area (TPSA) is 41.6 Å². The molecule has 1 heterocycles. The van der Waals surface area contributed by atoms with Gasteiger partial charge < -0.3 is 0 Å². The number of halogens is 2. The Morgan fingerprint density at radius 1 is 1.40 bits per heavy atom. The molecular weight excluding hydrogens is 277 g/mol. The minimum atomic E-state index is 0.343. The van der Waals surface area contributed by atoms with E-state index in [1.54, 1.807) is 16.9 Å². The van der Waals surface area contributed by atoms with Crippen molar-refractivity contribution in [1.82, 2.24) is 9.78 Å². The van der Waals surface area contributed by atoms with Gasteiger partial charge in [0.25, 0.3) is 0 Å². The van der Waals surface area contributed by atoms with Gasteiger partial charge in [0.15, 0.2) is 5.69 Å². The summed E-state index contributed by atoms with van der Waals surface area (Å²) in [7, 11) is 0. The van der Waals surface area contributed by atoms with E-state index >= 15 is 0 Å². The third-order valence-corrected chi connectivity index (χ3v) is 2.77. The van der Waals surface area contributed by atoms with Crippen molar-refractivity contribution in [3.05, 3.63) is 45.7 Å². The minimum absolute atomic E-state index is 0.343. The van der Waals surface area contributed by atoms with Gasteiger partial charge in [0.1, 0.15) is 6.07 Å². The number of rotatable bonds is 1. The molecule has 2 aromatic rings. The highest BCUT2D eigenvalue weighted by Crippen LogP contribution is 2.22. The van der Waals surface area contributed by atoms with Gasteiger partial charge in [0, 0.05) is 6.20 Å². The molecule has 0 aliphatic rings. The Labute approximate surface area is 100 Å². The highest BCUT2D eigenvalue weighted by molar-refractivity contribution is 9.10. The van der Waals surface area contributed by atoms with Crippen molar-refractivity contribution in [2.75, 3.05) is 0 Å². The number of nitriles is 1. The number of para-hydroxylation sites is 1. The summed E-state index contributed by atoms with van der Waals surface area (Å²) in [6.45, 7) is 0. The molecule has 0 saturated heterocycles. The molecule has 15 heavy (non-hydrogen) atoms. The van der Waals surface area contributed by atoms with Gasteiger partial charge in [-0.05, 0) is 28.1 Å². The van der Waals surface area contributed by atoms with Crippen LogP contribution < -0.4 is 0 Å². The Kier molecular flexibility index (Phi) is 2.76. The van der Waals surface area contributed by atoms with Gasteiger partial charge in [0.05, 0.1) is 15.2 Å². The molecule has 0 radical (unpaired) electrons. The van der Waals surface area contributed by atoms with Crippen LogP contribution in [0.4, 0.5) is 0 Å². The Balaban J connectivity index is 2.56. The van der Waals surface area contributed by atoms with Crippen molar-refractivity contribution in [1.29, 1.82) is 5.26 Å². The molecule has 0 spiro atoms. The maximum Gasteiger partial charge on any atom is 0.177 e. The van der Waals surface area contributed by atoms with Crippen molar-refractivity contribution in [2.24, 2.45) is 0 Å². The van der Waals surface area contributed by atoms with E-state index in [2.05, 4.69) is 21.0 Å². The average molecular weight is 283 g/mol. The van der Waals surface area contributed by atoms with E-state index in [1.165, 1.54) is 0 Å². The molecule has 0 aliphatic heterocycles. The summed E-state index contributed by atoms with van der Waals surface area (Å²) < 4.78 is 2.23. The molecule has 74 valence electrons. The third-order valence-electron chi connectivity index (χ3n) is 1.87. The van der Waals surface area contributed by atoms with Crippen molar-refractivity contribution >= 4 is 27.5 Å². The molecule has 0 unspecified atom stereocenters. The average Bonchev–Trinajstić information content (AvgIpc) is 2.60. The fraction of sp³-hybridized carbons (Fsp3) is 0. The van der Waals surface area contributed by atoms with Crippen molar-refractivity contribution in [3.8, 4) is 11.8 Å². The maximum absolute atomic E-state index is 8.76. The van der Waals surface area contributed by atoms with Crippen LogP contribution in [0.1, 0.15) is 5.69 Å². The zero-order chi connectivity index (χ0) is 10.8. The first-order valence-corrected chi connectivity index (χ1v) is 5.29. The molecular formula is C10H5BrClN3. The van der Waals surface area contributed by atoms with Crippen LogP contribution in [0.15, 0.2) is 34.9 Å². The van der Waals surface area contributed by atoms with Crippen LogP contribution in [0.3, 0.4) is 0 Å². The highest BCUT2D eigenvalue weighted by Gasteiger charge is 2.08. The molecule has 5 heteroatoms. The van der Waals surface area contributed by atoms with E-state index in [1.807, 2.05) is 24.3 Å². The first-order chi connectivity index (χ1) is 7.22. The molecule has 0 N–H and O–H groups in total. The Morgan fingerprint density at radius 3 is 2.73 bits per heavy atom. The number of aromatic nitrogens is 2. The molecule has 0 saturated carbocycles. The molecule has 0 bridgehead atoms.